The Labute approximate surface area is 156 Å². The van der Waals surface area contributed by atoms with Gasteiger partial charge in [0.2, 0.25) is 0 Å². The molecule has 27 heavy (non-hydrogen) atoms. The molecule has 0 spiro atoms. The molecule has 1 amide bonds. The van der Waals surface area contributed by atoms with Crippen molar-refractivity contribution in [3.63, 3.8) is 0 Å². The van der Waals surface area contributed by atoms with Crippen molar-refractivity contribution in [1.82, 2.24) is 20.3 Å². The fourth-order valence-electron chi connectivity index (χ4n) is 2.81. The van der Waals surface area contributed by atoms with E-state index in [0.717, 1.165) is 11.3 Å². The Morgan fingerprint density at radius 1 is 0.963 bits per heavy atom. The van der Waals surface area contributed by atoms with Crippen LogP contribution in [-0.4, -0.2) is 21.0 Å². The van der Waals surface area contributed by atoms with E-state index in [1.807, 2.05) is 67.6 Å². The third-order valence-electron chi connectivity index (χ3n) is 4.23. The van der Waals surface area contributed by atoms with Crippen molar-refractivity contribution in [1.29, 1.82) is 0 Å². The number of ether oxygens (including phenoxy) is 1. The van der Waals surface area contributed by atoms with Crippen molar-refractivity contribution in [2.24, 2.45) is 0 Å². The van der Waals surface area contributed by atoms with Crippen molar-refractivity contribution in [2.75, 3.05) is 0 Å². The zero-order chi connectivity index (χ0) is 18.6. The second-order valence-corrected chi connectivity index (χ2v) is 6.15. The van der Waals surface area contributed by atoms with Crippen LogP contribution in [0.15, 0.2) is 78.9 Å². The average molecular weight is 358 g/mol. The van der Waals surface area contributed by atoms with Crippen LogP contribution in [0.3, 0.4) is 0 Å². The number of aromatic nitrogens is 3. The van der Waals surface area contributed by atoms with Gasteiger partial charge < -0.3 is 10.1 Å². The van der Waals surface area contributed by atoms with E-state index in [1.54, 1.807) is 18.2 Å². The summed E-state index contributed by atoms with van der Waals surface area (Å²) in [5.74, 6) is 1.33. The fourth-order valence-corrected chi connectivity index (χ4v) is 2.81. The monoisotopic (exact) mass is 358 g/mol. The van der Waals surface area contributed by atoms with Crippen molar-refractivity contribution in [3.05, 3.63) is 84.4 Å². The number of nitrogens with one attached hydrogen (secondary N) is 1. The molecule has 4 rings (SSSR count). The highest BCUT2D eigenvalue weighted by molar-refractivity contribution is 5.88. The summed E-state index contributed by atoms with van der Waals surface area (Å²) in [5, 5.41) is 11.0. The fraction of sp³-hybridized carbons (Fsp3) is 0.0952. The number of benzene rings is 3. The summed E-state index contributed by atoms with van der Waals surface area (Å²) in [6.45, 7) is 1.93. The highest BCUT2D eigenvalue weighted by Gasteiger charge is 2.16. The normalized spacial score (nSPS) is 11.9. The zero-order valence-corrected chi connectivity index (χ0v) is 14.7. The number of hydrogen-bond acceptors (Lipinski definition) is 4. The van der Waals surface area contributed by atoms with Gasteiger partial charge in [-0.25, -0.2) is 4.79 Å². The predicted molar refractivity (Wildman–Crippen MR) is 103 cm³/mol. The molecule has 6 heteroatoms. The number of para-hydroxylation sites is 1. The van der Waals surface area contributed by atoms with Crippen molar-refractivity contribution in [3.8, 4) is 11.5 Å². The minimum Gasteiger partial charge on any atom is -0.457 e. The lowest BCUT2D eigenvalue weighted by Crippen LogP contribution is -2.31. The molecule has 0 radical (unpaired) electrons. The number of amides is 1. The highest BCUT2D eigenvalue weighted by Crippen LogP contribution is 2.24. The number of rotatable bonds is 4. The van der Waals surface area contributed by atoms with Gasteiger partial charge in [-0.15, -0.1) is 5.10 Å². The maximum Gasteiger partial charge on any atom is 0.344 e. The van der Waals surface area contributed by atoms with Crippen LogP contribution in [0.25, 0.3) is 11.0 Å². The molecule has 1 atom stereocenters. The van der Waals surface area contributed by atoms with E-state index in [4.69, 9.17) is 4.74 Å². The van der Waals surface area contributed by atoms with Gasteiger partial charge in [-0.3, -0.25) is 0 Å². The first-order valence-electron chi connectivity index (χ1n) is 8.65. The molecule has 1 N–H and O–H groups in total. The Kier molecular flexibility index (Phi) is 4.53. The lowest BCUT2D eigenvalue weighted by Gasteiger charge is -2.14. The summed E-state index contributed by atoms with van der Waals surface area (Å²) >= 11 is 0. The van der Waals surface area contributed by atoms with E-state index in [1.165, 1.54) is 4.68 Å². The Balaban J connectivity index is 1.58. The molecule has 0 aliphatic heterocycles. The van der Waals surface area contributed by atoms with Crippen molar-refractivity contribution < 1.29 is 9.53 Å². The maximum absolute atomic E-state index is 12.7. The molecule has 0 aliphatic rings. The van der Waals surface area contributed by atoms with Gasteiger partial charge in [0.15, 0.2) is 0 Å². The van der Waals surface area contributed by atoms with Crippen LogP contribution in [0.5, 0.6) is 11.5 Å². The summed E-state index contributed by atoms with van der Waals surface area (Å²) in [6.07, 6.45) is 0. The molecule has 1 aromatic heterocycles. The summed E-state index contributed by atoms with van der Waals surface area (Å²) in [6, 6.07) is 24.1. The lowest BCUT2D eigenvalue weighted by atomic mass is 10.1. The second kappa shape index (κ2) is 7.29. The van der Waals surface area contributed by atoms with Crippen LogP contribution < -0.4 is 10.1 Å². The summed E-state index contributed by atoms with van der Waals surface area (Å²) in [4.78, 5) is 12.7. The molecule has 0 aliphatic carbocycles. The van der Waals surface area contributed by atoms with Crippen LogP contribution in [0.2, 0.25) is 0 Å². The minimum atomic E-state index is -0.342. The molecule has 0 bridgehead atoms. The molecule has 0 saturated carbocycles. The van der Waals surface area contributed by atoms with Gasteiger partial charge in [-0.1, -0.05) is 53.7 Å². The number of hydrogen-bond donors (Lipinski definition) is 1. The largest absolute Gasteiger partial charge is 0.457 e. The molecule has 4 aromatic rings. The molecule has 0 saturated heterocycles. The van der Waals surface area contributed by atoms with E-state index < -0.39 is 0 Å². The smallest absolute Gasteiger partial charge is 0.344 e. The third kappa shape index (κ3) is 3.64. The average Bonchev–Trinajstić information content (AvgIpc) is 3.13. The van der Waals surface area contributed by atoms with E-state index in [9.17, 15) is 4.79 Å². The zero-order valence-electron chi connectivity index (χ0n) is 14.7. The van der Waals surface area contributed by atoms with E-state index in [2.05, 4.69) is 15.6 Å². The Morgan fingerprint density at radius 2 is 1.67 bits per heavy atom. The topological polar surface area (TPSA) is 69.0 Å². The predicted octanol–water partition coefficient (Wildman–Crippen LogP) is 4.54. The van der Waals surface area contributed by atoms with Crippen molar-refractivity contribution in [2.45, 2.75) is 13.0 Å². The van der Waals surface area contributed by atoms with Crippen LogP contribution in [0.4, 0.5) is 4.79 Å². The van der Waals surface area contributed by atoms with Gasteiger partial charge in [0.05, 0.1) is 6.04 Å². The van der Waals surface area contributed by atoms with Gasteiger partial charge in [0, 0.05) is 6.07 Å². The lowest BCUT2D eigenvalue weighted by molar-refractivity contribution is 0.237. The molecule has 1 unspecified atom stereocenters. The van der Waals surface area contributed by atoms with Gasteiger partial charge in [0.25, 0.3) is 0 Å². The third-order valence-corrected chi connectivity index (χ3v) is 4.23. The molecule has 6 nitrogen and oxygen atoms in total. The number of nitrogens with zero attached hydrogens (tertiary/aromatic N) is 3. The Bertz CT molecular complexity index is 1060. The first kappa shape index (κ1) is 16.8. The first-order chi connectivity index (χ1) is 13.2. The van der Waals surface area contributed by atoms with E-state index in [-0.39, 0.29) is 12.1 Å². The van der Waals surface area contributed by atoms with Gasteiger partial charge in [-0.05, 0) is 36.8 Å². The maximum atomic E-state index is 12.7. The number of carbonyl (C=O) groups excluding carboxylic acids is 1. The van der Waals surface area contributed by atoms with Crippen LogP contribution in [-0.2, 0) is 0 Å². The molecule has 3 aromatic carbocycles. The molecule has 134 valence electrons. The second-order valence-electron chi connectivity index (χ2n) is 6.15. The standard InChI is InChI=1S/C21H18N4O2/c1-15(16-8-4-2-5-9-16)22-21(26)25-20-14-18(12-13-19(20)23-24-25)27-17-10-6-3-7-11-17/h2-15H,1H3,(H,22,26). The number of carbonyl (C=O) groups is 1. The molecular formula is C21H18N4O2. The van der Waals surface area contributed by atoms with Crippen LogP contribution >= 0.6 is 0 Å². The summed E-state index contributed by atoms with van der Waals surface area (Å²) in [7, 11) is 0. The summed E-state index contributed by atoms with van der Waals surface area (Å²) in [5.41, 5.74) is 2.22. The first-order valence-corrected chi connectivity index (χ1v) is 8.65. The highest BCUT2D eigenvalue weighted by atomic mass is 16.5. The molecular weight excluding hydrogens is 340 g/mol. The quantitative estimate of drug-likeness (QED) is 0.581. The Morgan fingerprint density at radius 3 is 2.41 bits per heavy atom. The van der Waals surface area contributed by atoms with E-state index >= 15 is 0 Å². The molecule has 0 fully saturated rings. The minimum absolute atomic E-state index is 0.151. The van der Waals surface area contributed by atoms with E-state index in [0.29, 0.717) is 16.8 Å². The molecule has 1 heterocycles. The number of fused-ring (bicyclic) bond motifs is 1. The van der Waals surface area contributed by atoms with Crippen molar-refractivity contribution >= 4 is 17.1 Å². The Hall–Kier alpha value is -3.67. The SMILES string of the molecule is CC(NC(=O)n1nnc2ccc(Oc3ccccc3)cc21)c1ccccc1. The summed E-state index contributed by atoms with van der Waals surface area (Å²) < 4.78 is 7.10. The van der Waals surface area contributed by atoms with Crippen LogP contribution in [0.1, 0.15) is 18.5 Å². The van der Waals surface area contributed by atoms with Gasteiger partial charge in [-0.2, -0.15) is 4.68 Å². The van der Waals surface area contributed by atoms with Gasteiger partial charge in [0.1, 0.15) is 22.5 Å². The van der Waals surface area contributed by atoms with Gasteiger partial charge >= 0.3 is 6.03 Å². The van der Waals surface area contributed by atoms with Crippen LogP contribution in [0, 0.1) is 0 Å².